The molecule has 0 spiro atoms. The van der Waals surface area contributed by atoms with Crippen LogP contribution in [0.5, 0.6) is 17.2 Å². The lowest BCUT2D eigenvalue weighted by Crippen LogP contribution is -2.37. The number of hydrogen-bond donors (Lipinski definition) is 1. The summed E-state index contributed by atoms with van der Waals surface area (Å²) in [6, 6.07) is 26.0. The van der Waals surface area contributed by atoms with Gasteiger partial charge in [-0.25, -0.2) is 4.39 Å². The molecule has 8 heteroatoms. The fraction of sp³-hybridized carbons (Fsp3) is 0.152. The van der Waals surface area contributed by atoms with Gasteiger partial charge >= 0.3 is 0 Å². The summed E-state index contributed by atoms with van der Waals surface area (Å²) in [6.07, 6.45) is 2.24. The zero-order valence-electron chi connectivity index (χ0n) is 22.7. The summed E-state index contributed by atoms with van der Waals surface area (Å²) in [6.45, 7) is 0.505. The maximum atomic E-state index is 14.4. The molecule has 208 valence electrons. The molecule has 0 aliphatic carbocycles. The molecule has 1 N–H and O–H groups in total. The largest absolute Gasteiger partial charge is 0.493 e. The Labute approximate surface area is 237 Å². The zero-order valence-corrected chi connectivity index (χ0v) is 22.7. The lowest BCUT2D eigenvalue weighted by atomic mass is 10.1. The Morgan fingerprint density at radius 3 is 2.41 bits per heavy atom. The Bertz CT molecular complexity index is 1600. The van der Waals surface area contributed by atoms with E-state index < -0.39 is 0 Å². The van der Waals surface area contributed by atoms with Gasteiger partial charge in [-0.05, 0) is 66.1 Å². The first kappa shape index (κ1) is 27.5. The van der Waals surface area contributed by atoms with Crippen LogP contribution in [0.15, 0.2) is 96.8 Å². The number of halogens is 1. The zero-order chi connectivity index (χ0) is 28.8. The average Bonchev–Trinajstić information content (AvgIpc) is 3.00. The van der Waals surface area contributed by atoms with E-state index in [4.69, 9.17) is 14.2 Å². The summed E-state index contributed by atoms with van der Waals surface area (Å²) in [7, 11) is 3.17. The monoisotopic (exact) mass is 552 g/mol. The van der Waals surface area contributed by atoms with Crippen LogP contribution in [0.4, 0.5) is 10.1 Å². The van der Waals surface area contributed by atoms with Crippen molar-refractivity contribution in [3.05, 3.63) is 125 Å². The molecule has 2 amide bonds. The third kappa shape index (κ3) is 6.22. The van der Waals surface area contributed by atoms with Gasteiger partial charge in [0, 0.05) is 17.7 Å². The van der Waals surface area contributed by atoms with Gasteiger partial charge in [0.05, 0.1) is 26.5 Å². The highest BCUT2D eigenvalue weighted by Crippen LogP contribution is 2.36. The number of carbonyl (C=O) groups is 2. The molecule has 5 rings (SSSR count). The number of amides is 2. The number of anilines is 1. The van der Waals surface area contributed by atoms with E-state index in [1.165, 1.54) is 11.0 Å². The maximum Gasteiger partial charge on any atom is 0.294 e. The second-order valence-electron chi connectivity index (χ2n) is 9.38. The van der Waals surface area contributed by atoms with Gasteiger partial charge < -0.3 is 19.5 Å². The van der Waals surface area contributed by atoms with Gasteiger partial charge in [-0.3, -0.25) is 14.5 Å². The van der Waals surface area contributed by atoms with E-state index in [1.54, 1.807) is 81.0 Å². The van der Waals surface area contributed by atoms with Crippen LogP contribution in [-0.2, 0) is 17.8 Å². The van der Waals surface area contributed by atoms with Gasteiger partial charge in [0.15, 0.2) is 23.0 Å². The van der Waals surface area contributed by atoms with E-state index in [9.17, 15) is 14.0 Å². The highest BCUT2D eigenvalue weighted by atomic mass is 19.1. The number of ether oxygens (including phenoxy) is 3. The highest BCUT2D eigenvalue weighted by Gasteiger charge is 2.30. The maximum absolute atomic E-state index is 14.4. The Kier molecular flexibility index (Phi) is 8.29. The molecule has 0 radical (unpaired) electrons. The topological polar surface area (TPSA) is 77.1 Å². The van der Waals surface area contributed by atoms with Crippen LogP contribution in [0.25, 0.3) is 6.08 Å². The van der Waals surface area contributed by atoms with Crippen molar-refractivity contribution in [1.29, 1.82) is 0 Å². The first-order valence-corrected chi connectivity index (χ1v) is 13.1. The average molecular weight is 553 g/mol. The molecule has 1 aliphatic rings. The van der Waals surface area contributed by atoms with E-state index in [0.29, 0.717) is 52.6 Å². The number of carbonyl (C=O) groups excluding carboxylic acids is 2. The molecule has 0 saturated heterocycles. The van der Waals surface area contributed by atoms with Crippen molar-refractivity contribution in [2.24, 2.45) is 0 Å². The molecular weight excluding hydrogens is 523 g/mol. The summed E-state index contributed by atoms with van der Waals surface area (Å²) in [5.41, 5.74) is 3.14. The van der Waals surface area contributed by atoms with Crippen LogP contribution in [0.3, 0.4) is 0 Å². The molecule has 0 bridgehead atoms. The smallest absolute Gasteiger partial charge is 0.294 e. The summed E-state index contributed by atoms with van der Waals surface area (Å²) in [5, 5.41) is 2.92. The third-order valence-corrected chi connectivity index (χ3v) is 6.74. The van der Waals surface area contributed by atoms with Crippen molar-refractivity contribution >= 4 is 23.6 Å². The van der Waals surface area contributed by atoms with Crippen LogP contribution >= 0.6 is 0 Å². The third-order valence-electron chi connectivity index (χ3n) is 6.74. The van der Waals surface area contributed by atoms with E-state index in [0.717, 1.165) is 5.56 Å². The van der Waals surface area contributed by atoms with Crippen LogP contribution in [0, 0.1) is 5.82 Å². The molecule has 1 aliphatic heterocycles. The fourth-order valence-electron chi connectivity index (χ4n) is 4.56. The van der Waals surface area contributed by atoms with Crippen molar-refractivity contribution in [3.8, 4) is 17.2 Å². The molecule has 4 aromatic rings. The van der Waals surface area contributed by atoms with Gasteiger partial charge in [-0.15, -0.1) is 0 Å². The molecule has 7 nitrogen and oxygen atoms in total. The van der Waals surface area contributed by atoms with Crippen molar-refractivity contribution in [2.75, 3.05) is 25.7 Å². The summed E-state index contributed by atoms with van der Waals surface area (Å²) in [5.74, 6) is 0.918. The van der Waals surface area contributed by atoms with E-state index >= 15 is 0 Å². The molecular formula is C33H29FN2O5. The Morgan fingerprint density at radius 2 is 1.66 bits per heavy atom. The molecule has 41 heavy (non-hydrogen) atoms. The Balaban J connectivity index is 1.26. The lowest BCUT2D eigenvalue weighted by molar-refractivity contribution is -0.117. The second kappa shape index (κ2) is 12.4. The number of rotatable bonds is 9. The molecule has 0 unspecified atom stereocenters. The van der Waals surface area contributed by atoms with Crippen molar-refractivity contribution in [2.45, 2.75) is 13.0 Å². The summed E-state index contributed by atoms with van der Waals surface area (Å²) < 4.78 is 30.9. The summed E-state index contributed by atoms with van der Waals surface area (Å²) in [4.78, 5) is 27.6. The predicted octanol–water partition coefficient (Wildman–Crippen LogP) is 5.78. The van der Waals surface area contributed by atoms with Crippen molar-refractivity contribution in [1.82, 2.24) is 5.32 Å². The number of fused-ring (bicyclic) bond motifs is 1. The van der Waals surface area contributed by atoms with Crippen molar-refractivity contribution < 1.29 is 28.2 Å². The number of nitrogens with zero attached hydrogens (tertiary/aromatic N) is 1. The number of nitrogens with one attached hydrogen (secondary N) is 1. The predicted molar refractivity (Wildman–Crippen MR) is 155 cm³/mol. The molecule has 4 aromatic carbocycles. The highest BCUT2D eigenvalue weighted by molar-refractivity contribution is 6.09. The molecule has 1 heterocycles. The Morgan fingerprint density at radius 1 is 0.927 bits per heavy atom. The second-order valence-corrected chi connectivity index (χ2v) is 9.38. The van der Waals surface area contributed by atoms with Crippen molar-refractivity contribution in [3.63, 3.8) is 0 Å². The van der Waals surface area contributed by atoms with Crippen LogP contribution in [0.2, 0.25) is 0 Å². The number of hydrogen-bond acceptors (Lipinski definition) is 5. The molecule has 0 atom stereocenters. The SMILES string of the molecule is COc1ccc(CCNC(=O)c2ccc(/C=C3\Oc4ccccc4N(Cc4ccccc4F)C3=O)cc2)cc1OC. The molecule has 0 saturated carbocycles. The van der Waals surface area contributed by atoms with Crippen LogP contribution in [0.1, 0.15) is 27.0 Å². The standard InChI is InChI=1S/C33H29FN2O5/c1-39-29-16-13-23(19-30(29)40-2)17-18-35-32(37)24-14-11-22(12-15-24)20-31-33(38)36(21-25-7-3-4-8-26(25)34)27-9-5-6-10-28(27)41-31/h3-16,19-20H,17-18,21H2,1-2H3,(H,35,37)/b31-20-. The van der Waals surface area contributed by atoms with Gasteiger partial charge in [-0.1, -0.05) is 48.5 Å². The van der Waals surface area contributed by atoms with Crippen LogP contribution < -0.4 is 24.4 Å². The quantitative estimate of drug-likeness (QED) is 0.266. The number of benzene rings is 4. The first-order chi connectivity index (χ1) is 20.0. The minimum atomic E-state index is -0.385. The Hall–Kier alpha value is -5.11. The number of methoxy groups -OCH3 is 2. The first-order valence-electron chi connectivity index (χ1n) is 13.1. The lowest BCUT2D eigenvalue weighted by Gasteiger charge is -2.30. The number of para-hydroxylation sites is 2. The molecule has 0 fully saturated rings. The van der Waals surface area contributed by atoms with Gasteiger partial charge in [0.1, 0.15) is 5.82 Å². The van der Waals surface area contributed by atoms with Gasteiger partial charge in [0.25, 0.3) is 11.8 Å². The van der Waals surface area contributed by atoms with Gasteiger partial charge in [0.2, 0.25) is 0 Å². The normalized spacial score (nSPS) is 13.4. The van der Waals surface area contributed by atoms with Crippen LogP contribution in [-0.4, -0.2) is 32.6 Å². The van der Waals surface area contributed by atoms with E-state index in [1.807, 2.05) is 24.3 Å². The van der Waals surface area contributed by atoms with E-state index in [-0.39, 0.29) is 29.9 Å². The molecule has 0 aromatic heterocycles. The van der Waals surface area contributed by atoms with Gasteiger partial charge in [-0.2, -0.15) is 0 Å². The van der Waals surface area contributed by atoms with E-state index in [2.05, 4.69) is 5.32 Å². The summed E-state index contributed by atoms with van der Waals surface area (Å²) >= 11 is 0. The minimum Gasteiger partial charge on any atom is -0.493 e. The fourth-order valence-corrected chi connectivity index (χ4v) is 4.56. The minimum absolute atomic E-state index is 0.0611.